The van der Waals surface area contributed by atoms with Gasteiger partial charge in [0.05, 0.1) is 38.9 Å². The average molecular weight is 641 g/mol. The average Bonchev–Trinajstić information content (AvgIpc) is 3.81. The molecule has 0 aliphatic carbocycles. The molecule has 3 heterocycles. The lowest BCUT2D eigenvalue weighted by atomic mass is 10.0. The lowest BCUT2D eigenvalue weighted by Gasteiger charge is -2.12. The highest BCUT2D eigenvalue weighted by Gasteiger charge is 2.19. The Hall–Kier alpha value is -6.66. The number of benzene rings is 7. The summed E-state index contributed by atoms with van der Waals surface area (Å²) < 4.78 is 6.97. The number of hydrogen-bond donors (Lipinski definition) is 0. The third-order valence-corrected chi connectivity index (χ3v) is 10.9. The molecule has 0 fully saturated rings. The summed E-state index contributed by atoms with van der Waals surface area (Å²) in [6.45, 7) is 0. The standard InChI is InChI=1S/C44H24N4S/c45-25-29-8-7-9-30(26-46)44(29)48-40-15-6-3-12-34(40)35-22-27(16-19-41(35)48)28-17-20-42-36(23-28)37-24-31(18-21-43(37)49-42)47-38-13-4-1-10-32(38)33-11-2-5-14-39(33)47/h1-24H. The molecule has 0 amide bonds. The fraction of sp³-hybridized carbons (Fsp3) is 0. The maximum Gasteiger partial charge on any atom is 0.101 e. The first kappa shape index (κ1) is 27.5. The molecule has 7 aromatic carbocycles. The Morgan fingerprint density at radius 3 is 1.53 bits per heavy atom. The molecule has 10 aromatic rings. The van der Waals surface area contributed by atoms with Crippen molar-refractivity contribution in [1.29, 1.82) is 10.5 Å². The molecule has 5 heteroatoms. The highest BCUT2D eigenvalue weighted by Crippen LogP contribution is 2.41. The number of fused-ring (bicyclic) bond motifs is 9. The van der Waals surface area contributed by atoms with E-state index in [9.17, 15) is 10.5 Å². The van der Waals surface area contributed by atoms with Gasteiger partial charge in [0, 0.05) is 47.4 Å². The van der Waals surface area contributed by atoms with Crippen LogP contribution in [0.3, 0.4) is 0 Å². The zero-order valence-electron chi connectivity index (χ0n) is 26.1. The number of para-hydroxylation sites is 4. The fourth-order valence-corrected chi connectivity index (χ4v) is 8.71. The first-order valence-electron chi connectivity index (χ1n) is 16.1. The topological polar surface area (TPSA) is 57.4 Å². The van der Waals surface area contributed by atoms with Crippen LogP contribution in [0, 0.1) is 22.7 Å². The highest BCUT2D eigenvalue weighted by molar-refractivity contribution is 7.25. The van der Waals surface area contributed by atoms with Crippen LogP contribution in [0.5, 0.6) is 0 Å². The first-order chi connectivity index (χ1) is 24.2. The Morgan fingerprint density at radius 2 is 0.898 bits per heavy atom. The molecule has 3 aromatic heterocycles. The van der Waals surface area contributed by atoms with E-state index in [1.54, 1.807) is 18.2 Å². The van der Waals surface area contributed by atoms with E-state index in [1.807, 2.05) is 23.5 Å². The highest BCUT2D eigenvalue weighted by atomic mass is 32.1. The molecule has 0 aliphatic heterocycles. The molecular weight excluding hydrogens is 617 g/mol. The van der Waals surface area contributed by atoms with Gasteiger partial charge in [-0.25, -0.2) is 0 Å². The van der Waals surface area contributed by atoms with Crippen LogP contribution < -0.4 is 0 Å². The molecule has 0 radical (unpaired) electrons. The quantitative estimate of drug-likeness (QED) is 0.193. The van der Waals surface area contributed by atoms with Crippen molar-refractivity contribution in [2.45, 2.75) is 0 Å². The summed E-state index contributed by atoms with van der Waals surface area (Å²) in [6, 6.07) is 55.6. The Balaban J connectivity index is 1.17. The van der Waals surface area contributed by atoms with Crippen molar-refractivity contribution in [3.05, 3.63) is 157 Å². The number of nitriles is 2. The third kappa shape index (κ3) is 3.95. The summed E-state index contributed by atoms with van der Waals surface area (Å²) in [4.78, 5) is 0. The van der Waals surface area contributed by atoms with Crippen LogP contribution in [0.25, 0.3) is 86.3 Å². The number of thiophene rings is 1. The summed E-state index contributed by atoms with van der Waals surface area (Å²) in [5.74, 6) is 0. The third-order valence-electron chi connectivity index (χ3n) is 9.80. The number of aromatic nitrogens is 2. The summed E-state index contributed by atoms with van der Waals surface area (Å²) >= 11 is 1.83. The maximum atomic E-state index is 10.0. The number of rotatable bonds is 3. The summed E-state index contributed by atoms with van der Waals surface area (Å²) in [5, 5.41) is 27.2. The van der Waals surface area contributed by atoms with Gasteiger partial charge in [-0.1, -0.05) is 72.8 Å². The van der Waals surface area contributed by atoms with Gasteiger partial charge in [0.1, 0.15) is 12.1 Å². The van der Waals surface area contributed by atoms with E-state index in [2.05, 4.69) is 137 Å². The smallest absolute Gasteiger partial charge is 0.101 e. The minimum atomic E-state index is 0.473. The Kier molecular flexibility index (Phi) is 5.84. The number of hydrogen-bond acceptors (Lipinski definition) is 3. The number of nitrogens with zero attached hydrogens (tertiary/aromatic N) is 4. The van der Waals surface area contributed by atoms with E-state index in [1.165, 1.54) is 42.0 Å². The molecule has 0 N–H and O–H groups in total. The summed E-state index contributed by atoms with van der Waals surface area (Å²) in [7, 11) is 0. The zero-order chi connectivity index (χ0) is 32.6. The molecule has 226 valence electrons. The molecule has 0 spiro atoms. The van der Waals surface area contributed by atoms with E-state index in [0.717, 1.165) is 38.6 Å². The van der Waals surface area contributed by atoms with E-state index in [-0.39, 0.29) is 0 Å². The van der Waals surface area contributed by atoms with Crippen molar-refractivity contribution in [3.63, 3.8) is 0 Å². The second kappa shape index (κ2) is 10.4. The van der Waals surface area contributed by atoms with Crippen molar-refractivity contribution >= 4 is 75.1 Å². The molecular formula is C44H24N4S. The predicted octanol–water partition coefficient (Wildman–Crippen LogP) is 11.7. The van der Waals surface area contributed by atoms with Gasteiger partial charge in [-0.15, -0.1) is 11.3 Å². The van der Waals surface area contributed by atoms with Gasteiger partial charge in [-0.3, -0.25) is 0 Å². The second-order valence-corrected chi connectivity index (χ2v) is 13.5. The molecule has 0 saturated carbocycles. The van der Waals surface area contributed by atoms with E-state index in [4.69, 9.17) is 0 Å². The molecule has 10 rings (SSSR count). The molecule has 0 saturated heterocycles. The normalized spacial score (nSPS) is 11.6. The van der Waals surface area contributed by atoms with Crippen LogP contribution in [0.2, 0.25) is 0 Å². The monoisotopic (exact) mass is 640 g/mol. The molecule has 49 heavy (non-hydrogen) atoms. The summed E-state index contributed by atoms with van der Waals surface area (Å²) in [6.07, 6.45) is 0. The maximum absolute atomic E-state index is 10.0. The van der Waals surface area contributed by atoms with Gasteiger partial charge in [0.15, 0.2) is 0 Å². The lowest BCUT2D eigenvalue weighted by Crippen LogP contribution is -2.00. The van der Waals surface area contributed by atoms with Crippen molar-refractivity contribution < 1.29 is 0 Å². The fourth-order valence-electron chi connectivity index (χ4n) is 7.64. The van der Waals surface area contributed by atoms with Crippen molar-refractivity contribution in [2.75, 3.05) is 0 Å². The SMILES string of the molecule is N#Cc1cccc(C#N)c1-n1c2ccccc2c2cc(-c3ccc4sc5ccc(-n6c7ccccc7c7ccccc76)cc5c4c3)ccc21. The van der Waals surface area contributed by atoms with E-state index in [0.29, 0.717) is 16.8 Å². The van der Waals surface area contributed by atoms with Gasteiger partial charge in [0.25, 0.3) is 0 Å². The van der Waals surface area contributed by atoms with Crippen LogP contribution in [-0.4, -0.2) is 9.13 Å². The summed E-state index contributed by atoms with van der Waals surface area (Å²) in [5.41, 5.74) is 9.31. The minimum Gasteiger partial charge on any atom is -0.309 e. The molecule has 0 aliphatic rings. The van der Waals surface area contributed by atoms with Gasteiger partial charge in [-0.05, 0) is 83.9 Å². The van der Waals surface area contributed by atoms with Crippen LogP contribution in [0.4, 0.5) is 0 Å². The first-order valence-corrected chi connectivity index (χ1v) is 17.0. The van der Waals surface area contributed by atoms with Crippen LogP contribution >= 0.6 is 11.3 Å². The van der Waals surface area contributed by atoms with Crippen molar-refractivity contribution in [1.82, 2.24) is 9.13 Å². The Morgan fingerprint density at radius 1 is 0.408 bits per heavy atom. The van der Waals surface area contributed by atoms with Gasteiger partial charge >= 0.3 is 0 Å². The van der Waals surface area contributed by atoms with Crippen LogP contribution in [0.1, 0.15) is 11.1 Å². The van der Waals surface area contributed by atoms with Gasteiger partial charge < -0.3 is 9.13 Å². The molecule has 0 atom stereocenters. The largest absolute Gasteiger partial charge is 0.309 e. The predicted molar refractivity (Wildman–Crippen MR) is 203 cm³/mol. The molecule has 0 unspecified atom stereocenters. The van der Waals surface area contributed by atoms with Crippen LogP contribution in [0.15, 0.2) is 146 Å². The molecule has 4 nitrogen and oxygen atoms in total. The van der Waals surface area contributed by atoms with Gasteiger partial charge in [0.2, 0.25) is 0 Å². The Bertz CT molecular complexity index is 3000. The van der Waals surface area contributed by atoms with Crippen molar-refractivity contribution in [3.8, 4) is 34.6 Å². The second-order valence-electron chi connectivity index (χ2n) is 12.4. The van der Waals surface area contributed by atoms with Gasteiger partial charge in [-0.2, -0.15) is 10.5 Å². The van der Waals surface area contributed by atoms with E-state index >= 15 is 0 Å². The lowest BCUT2D eigenvalue weighted by molar-refractivity contribution is 1.15. The zero-order valence-corrected chi connectivity index (χ0v) is 26.9. The van der Waals surface area contributed by atoms with E-state index < -0.39 is 0 Å². The Labute approximate surface area is 285 Å². The van der Waals surface area contributed by atoms with Crippen LogP contribution in [-0.2, 0) is 0 Å². The molecule has 0 bridgehead atoms. The van der Waals surface area contributed by atoms with Crippen molar-refractivity contribution in [2.24, 2.45) is 0 Å². The minimum absolute atomic E-state index is 0.473.